The first-order valence-corrected chi connectivity index (χ1v) is 3.40. The minimum absolute atomic E-state index is 0.0706. The minimum atomic E-state index is -2.35. The molecule has 0 saturated heterocycles. The summed E-state index contributed by atoms with van der Waals surface area (Å²) in [6, 6.07) is 0. The van der Waals surface area contributed by atoms with Gasteiger partial charge in [0.15, 0.2) is 11.9 Å². The van der Waals surface area contributed by atoms with E-state index in [1.165, 1.54) is 13.8 Å². The van der Waals surface area contributed by atoms with E-state index in [0.29, 0.717) is 0 Å². The van der Waals surface area contributed by atoms with E-state index in [9.17, 15) is 19.8 Å². The van der Waals surface area contributed by atoms with Crippen molar-refractivity contribution in [1.29, 1.82) is 0 Å². The molecule has 5 nitrogen and oxygen atoms in total. The van der Waals surface area contributed by atoms with Gasteiger partial charge in [-0.2, -0.15) is 0 Å². The van der Waals surface area contributed by atoms with Crippen molar-refractivity contribution in [2.75, 3.05) is 0 Å². The lowest BCUT2D eigenvalue weighted by atomic mass is 10.1. The molecule has 0 heterocycles. The smallest absolute Gasteiger partial charge is 0.339 e. The van der Waals surface area contributed by atoms with E-state index >= 15 is 0 Å². The van der Waals surface area contributed by atoms with Crippen LogP contribution in [-0.2, 0) is 9.59 Å². The van der Waals surface area contributed by atoms with Crippen LogP contribution in [0.25, 0.3) is 0 Å². The van der Waals surface area contributed by atoms with E-state index in [4.69, 9.17) is 5.11 Å². The third kappa shape index (κ3) is 0.539. The van der Waals surface area contributed by atoms with Crippen molar-refractivity contribution in [2.45, 2.75) is 25.0 Å². The fourth-order valence-electron chi connectivity index (χ4n) is 1.53. The van der Waals surface area contributed by atoms with Crippen LogP contribution in [0.5, 0.6) is 0 Å². The van der Waals surface area contributed by atoms with Crippen LogP contribution in [0.3, 0.4) is 0 Å². The van der Waals surface area contributed by atoms with Crippen molar-refractivity contribution in [1.82, 2.24) is 0 Å². The molecule has 0 unspecified atom stereocenters. The van der Waals surface area contributed by atoms with Gasteiger partial charge in [0.25, 0.3) is 0 Å². The van der Waals surface area contributed by atoms with Crippen LogP contribution < -0.4 is 0 Å². The van der Waals surface area contributed by atoms with Gasteiger partial charge >= 0.3 is 5.97 Å². The molecular weight excluding hydrogens is 164 g/mol. The normalized spacial score (nSPS) is 43.7. The molecular formula is C7H10O5. The molecule has 0 aliphatic heterocycles. The molecule has 3 N–H and O–H groups in total. The van der Waals surface area contributed by atoms with Gasteiger partial charge in [-0.3, -0.25) is 4.79 Å². The number of rotatable bonds is 2. The third-order valence-corrected chi connectivity index (χ3v) is 2.83. The summed E-state index contributed by atoms with van der Waals surface area (Å²) in [5.74, 6) is -1.58. The topological polar surface area (TPSA) is 94.8 Å². The second-order valence-corrected chi connectivity index (χ2v) is 3.52. The van der Waals surface area contributed by atoms with Crippen molar-refractivity contribution < 1.29 is 24.9 Å². The van der Waals surface area contributed by atoms with Gasteiger partial charge in [-0.25, -0.2) is 4.79 Å². The van der Waals surface area contributed by atoms with E-state index in [-0.39, 0.29) is 6.29 Å². The number of carbonyl (C=O) groups is 2. The van der Waals surface area contributed by atoms with Gasteiger partial charge in [0, 0.05) is 5.41 Å². The Morgan fingerprint density at radius 3 is 1.83 bits per heavy atom. The van der Waals surface area contributed by atoms with E-state index in [1.54, 1.807) is 0 Å². The molecule has 5 heteroatoms. The molecule has 0 amide bonds. The van der Waals surface area contributed by atoms with Gasteiger partial charge in [-0.15, -0.1) is 0 Å². The summed E-state index contributed by atoms with van der Waals surface area (Å²) in [5.41, 5.74) is -5.83. The number of hydrogen-bond donors (Lipinski definition) is 3. The fraction of sp³-hybridized carbons (Fsp3) is 0.714. The number of aldehydes is 1. The summed E-state index contributed by atoms with van der Waals surface area (Å²) in [7, 11) is 0. The van der Waals surface area contributed by atoms with E-state index in [2.05, 4.69) is 0 Å². The third-order valence-electron chi connectivity index (χ3n) is 2.83. The summed E-state index contributed by atoms with van der Waals surface area (Å²) in [4.78, 5) is 20.9. The molecule has 0 spiro atoms. The average molecular weight is 174 g/mol. The van der Waals surface area contributed by atoms with Crippen molar-refractivity contribution >= 4 is 12.3 Å². The Morgan fingerprint density at radius 1 is 1.33 bits per heavy atom. The molecule has 0 aromatic heterocycles. The van der Waals surface area contributed by atoms with Crippen LogP contribution in [-0.4, -0.2) is 38.8 Å². The molecule has 1 saturated carbocycles. The standard InChI is InChI=1S/C7H10O5/c1-5(2)6(11,3-8)7(5,12)4(9)10/h3,11-12H,1-2H3,(H,9,10)/t6-,7+/m1/s1. The number of carbonyl (C=O) groups excluding carboxylic acids is 1. The number of hydrogen-bond acceptors (Lipinski definition) is 4. The average Bonchev–Trinajstić information content (AvgIpc) is 2.32. The maximum atomic E-state index is 10.5. The Labute approximate surface area is 68.6 Å². The molecule has 0 radical (unpaired) electrons. The van der Waals surface area contributed by atoms with Crippen LogP contribution in [0.2, 0.25) is 0 Å². The van der Waals surface area contributed by atoms with Crippen LogP contribution in [0.15, 0.2) is 0 Å². The van der Waals surface area contributed by atoms with Gasteiger partial charge in [0.05, 0.1) is 0 Å². The first-order chi connectivity index (χ1) is 5.25. The fourth-order valence-corrected chi connectivity index (χ4v) is 1.53. The highest BCUT2D eigenvalue weighted by molar-refractivity contribution is 5.96. The van der Waals surface area contributed by atoms with E-state index in [0.717, 1.165) is 0 Å². The molecule has 0 aromatic rings. The highest BCUT2D eigenvalue weighted by Crippen LogP contribution is 2.63. The molecule has 0 aromatic carbocycles. The van der Waals surface area contributed by atoms with Crippen LogP contribution in [0.1, 0.15) is 13.8 Å². The number of aliphatic hydroxyl groups is 2. The Bertz CT molecular complexity index is 259. The van der Waals surface area contributed by atoms with Crippen LogP contribution >= 0.6 is 0 Å². The maximum Gasteiger partial charge on any atom is 0.339 e. The number of carboxylic acids is 1. The highest BCUT2D eigenvalue weighted by atomic mass is 16.4. The zero-order chi connectivity index (χ0) is 9.78. The number of carboxylic acid groups (broad SMARTS) is 1. The molecule has 1 aliphatic rings. The zero-order valence-electron chi connectivity index (χ0n) is 6.74. The van der Waals surface area contributed by atoms with Gasteiger partial charge < -0.3 is 15.3 Å². The number of aliphatic carboxylic acids is 1. The lowest BCUT2D eigenvalue weighted by molar-refractivity contribution is -0.156. The lowest BCUT2D eigenvalue weighted by Crippen LogP contribution is -2.34. The monoisotopic (exact) mass is 174 g/mol. The summed E-state index contributed by atoms with van der Waals surface area (Å²) < 4.78 is 0. The second kappa shape index (κ2) is 1.86. The summed E-state index contributed by atoms with van der Waals surface area (Å²) >= 11 is 0. The Morgan fingerprint density at radius 2 is 1.75 bits per heavy atom. The van der Waals surface area contributed by atoms with Crippen molar-refractivity contribution in [3.05, 3.63) is 0 Å². The summed E-state index contributed by atoms with van der Waals surface area (Å²) in [6.07, 6.45) is 0.0706. The van der Waals surface area contributed by atoms with Crippen molar-refractivity contribution in [3.8, 4) is 0 Å². The Balaban J connectivity index is 3.16. The van der Waals surface area contributed by atoms with Crippen molar-refractivity contribution in [2.24, 2.45) is 5.41 Å². The largest absolute Gasteiger partial charge is 0.479 e. The summed E-state index contributed by atoms with van der Waals surface area (Å²) in [6.45, 7) is 2.63. The van der Waals surface area contributed by atoms with E-state index in [1.807, 2.05) is 0 Å². The van der Waals surface area contributed by atoms with Gasteiger partial charge in [-0.05, 0) is 0 Å². The maximum absolute atomic E-state index is 10.5. The first kappa shape index (κ1) is 9.15. The molecule has 1 aliphatic carbocycles. The predicted octanol–water partition coefficient (Wildman–Crippen LogP) is -1.23. The molecule has 1 fully saturated rings. The van der Waals surface area contributed by atoms with Crippen molar-refractivity contribution in [3.63, 3.8) is 0 Å². The molecule has 2 atom stereocenters. The van der Waals surface area contributed by atoms with Gasteiger partial charge in [0.2, 0.25) is 5.60 Å². The predicted molar refractivity (Wildman–Crippen MR) is 37.4 cm³/mol. The lowest BCUT2D eigenvalue weighted by Gasteiger charge is -2.04. The molecule has 1 rings (SSSR count). The first-order valence-electron chi connectivity index (χ1n) is 3.40. The Hall–Kier alpha value is -0.940. The highest BCUT2D eigenvalue weighted by Gasteiger charge is 2.87. The second-order valence-electron chi connectivity index (χ2n) is 3.52. The minimum Gasteiger partial charge on any atom is -0.479 e. The SMILES string of the molecule is CC1(C)[C@](O)(C=O)[C@]1(O)C(=O)O. The van der Waals surface area contributed by atoms with Crippen LogP contribution in [0.4, 0.5) is 0 Å². The summed E-state index contributed by atoms with van der Waals surface area (Å²) in [5, 5.41) is 27.3. The van der Waals surface area contributed by atoms with E-state index < -0.39 is 22.6 Å². The van der Waals surface area contributed by atoms with Gasteiger partial charge in [0.1, 0.15) is 0 Å². The molecule has 12 heavy (non-hydrogen) atoms. The van der Waals surface area contributed by atoms with Crippen LogP contribution in [0, 0.1) is 5.41 Å². The quantitative estimate of drug-likeness (QED) is 0.456. The molecule has 68 valence electrons. The Kier molecular flexibility index (Phi) is 1.42. The molecule has 0 bridgehead atoms. The zero-order valence-corrected chi connectivity index (χ0v) is 6.74. The van der Waals surface area contributed by atoms with Gasteiger partial charge in [-0.1, -0.05) is 13.8 Å².